The van der Waals surface area contributed by atoms with Gasteiger partial charge in [-0.25, -0.2) is 0 Å². The molecular weight excluding hydrogens is 232 g/mol. The zero-order valence-electron chi connectivity index (χ0n) is 11.0. The first-order chi connectivity index (χ1) is 9.42. The molecule has 2 nitrogen and oxygen atoms in total. The predicted octanol–water partition coefficient (Wildman–Crippen LogP) is 3.52. The molecular formula is C17H18N2. The molecule has 0 amide bonds. The maximum atomic E-state index is 4.65. The van der Waals surface area contributed by atoms with Gasteiger partial charge < -0.3 is 5.32 Å². The summed E-state index contributed by atoms with van der Waals surface area (Å²) < 4.78 is 0. The Morgan fingerprint density at radius 3 is 3.11 bits per heavy atom. The lowest BCUT2D eigenvalue weighted by atomic mass is 9.81. The highest BCUT2D eigenvalue weighted by atomic mass is 14.9. The Hall–Kier alpha value is -1.83. The minimum atomic E-state index is 0.496. The van der Waals surface area contributed by atoms with Crippen LogP contribution in [0, 0.1) is 0 Å². The van der Waals surface area contributed by atoms with E-state index in [1.165, 1.54) is 47.3 Å². The molecule has 1 aliphatic carbocycles. The molecule has 1 aromatic carbocycles. The molecule has 19 heavy (non-hydrogen) atoms. The molecule has 4 rings (SSSR count). The topological polar surface area (TPSA) is 24.9 Å². The van der Waals surface area contributed by atoms with Crippen LogP contribution in [0.25, 0.3) is 0 Å². The Labute approximate surface area is 113 Å². The quantitative estimate of drug-likeness (QED) is 0.837. The number of nitrogens with one attached hydrogen (secondary N) is 1. The number of rotatable bonds is 1. The monoisotopic (exact) mass is 250 g/mol. The van der Waals surface area contributed by atoms with E-state index in [9.17, 15) is 0 Å². The van der Waals surface area contributed by atoms with E-state index >= 15 is 0 Å². The Balaban J connectivity index is 1.77. The van der Waals surface area contributed by atoms with E-state index < -0.39 is 0 Å². The molecule has 2 heteroatoms. The number of hydrogen-bond donors (Lipinski definition) is 1. The summed E-state index contributed by atoms with van der Waals surface area (Å²) in [6.07, 6.45) is 6.79. The zero-order valence-corrected chi connectivity index (χ0v) is 11.0. The van der Waals surface area contributed by atoms with Gasteiger partial charge in [0.25, 0.3) is 0 Å². The first-order valence-corrected chi connectivity index (χ1v) is 7.22. The molecule has 1 aromatic heterocycles. The number of fused-ring (bicyclic) bond motifs is 2. The van der Waals surface area contributed by atoms with Crippen LogP contribution in [-0.4, -0.2) is 11.5 Å². The summed E-state index contributed by atoms with van der Waals surface area (Å²) in [5, 5.41) is 3.43. The molecule has 2 aromatic rings. The predicted molar refractivity (Wildman–Crippen MR) is 77.7 cm³/mol. The average molecular weight is 250 g/mol. The van der Waals surface area contributed by atoms with Crippen molar-refractivity contribution < 1.29 is 0 Å². The van der Waals surface area contributed by atoms with Gasteiger partial charge in [0, 0.05) is 24.3 Å². The Bertz CT molecular complexity index is 618. The molecule has 0 saturated carbocycles. The standard InChI is InChI=1S/C17H18N2/c1-3-12-4-2-9-19-17(12)15(5-1)13-6-7-16-14(11-13)8-10-18-16/h2,4,6-7,9,11,15,18H,1,3,5,8,10H2. The third-order valence-electron chi connectivity index (χ3n) is 4.44. The van der Waals surface area contributed by atoms with Crippen molar-refractivity contribution in [2.45, 2.75) is 31.6 Å². The third-order valence-corrected chi connectivity index (χ3v) is 4.44. The molecule has 96 valence electrons. The summed E-state index contributed by atoms with van der Waals surface area (Å²) >= 11 is 0. The summed E-state index contributed by atoms with van der Waals surface area (Å²) in [6, 6.07) is 11.2. The van der Waals surface area contributed by atoms with E-state index in [-0.39, 0.29) is 0 Å². The summed E-state index contributed by atoms with van der Waals surface area (Å²) in [6.45, 7) is 1.08. The molecule has 1 atom stereocenters. The molecule has 0 spiro atoms. The number of anilines is 1. The van der Waals surface area contributed by atoms with Gasteiger partial charge in [-0.1, -0.05) is 18.2 Å². The van der Waals surface area contributed by atoms with Crippen molar-refractivity contribution in [2.24, 2.45) is 0 Å². The van der Waals surface area contributed by atoms with Crippen LogP contribution in [0.15, 0.2) is 36.5 Å². The number of nitrogens with zero attached hydrogens (tertiary/aromatic N) is 1. The van der Waals surface area contributed by atoms with E-state index in [2.05, 4.69) is 40.6 Å². The SMILES string of the molecule is c1cnc2c(c1)CCCC2c1ccc2c(c1)CCN2. The van der Waals surface area contributed by atoms with Crippen LogP contribution in [0.1, 0.15) is 41.1 Å². The Morgan fingerprint density at radius 2 is 2.11 bits per heavy atom. The average Bonchev–Trinajstić information content (AvgIpc) is 2.94. The van der Waals surface area contributed by atoms with E-state index in [1.54, 1.807) is 0 Å². The minimum absolute atomic E-state index is 0.496. The molecule has 1 N–H and O–H groups in total. The van der Waals surface area contributed by atoms with Crippen LogP contribution in [0.3, 0.4) is 0 Å². The van der Waals surface area contributed by atoms with Crippen molar-refractivity contribution in [1.29, 1.82) is 0 Å². The summed E-state index contributed by atoms with van der Waals surface area (Å²) in [5.74, 6) is 0.496. The van der Waals surface area contributed by atoms with E-state index in [0.717, 1.165) is 13.0 Å². The maximum Gasteiger partial charge on any atom is 0.0510 e. The lowest BCUT2D eigenvalue weighted by Crippen LogP contribution is -2.13. The summed E-state index contributed by atoms with van der Waals surface area (Å²) in [4.78, 5) is 4.65. The number of aryl methyl sites for hydroxylation is 1. The number of benzene rings is 1. The van der Waals surface area contributed by atoms with Gasteiger partial charge in [0.15, 0.2) is 0 Å². The highest BCUT2D eigenvalue weighted by Gasteiger charge is 2.23. The Kier molecular flexibility index (Phi) is 2.54. The fourth-order valence-electron chi connectivity index (χ4n) is 3.48. The van der Waals surface area contributed by atoms with E-state index in [0.29, 0.717) is 5.92 Å². The van der Waals surface area contributed by atoms with Gasteiger partial charge in [0.05, 0.1) is 5.69 Å². The van der Waals surface area contributed by atoms with Crippen LogP contribution in [0.5, 0.6) is 0 Å². The summed E-state index contributed by atoms with van der Waals surface area (Å²) in [7, 11) is 0. The smallest absolute Gasteiger partial charge is 0.0510 e. The van der Waals surface area contributed by atoms with Crippen molar-refractivity contribution >= 4 is 5.69 Å². The van der Waals surface area contributed by atoms with Gasteiger partial charge in [-0.15, -0.1) is 0 Å². The second-order valence-corrected chi connectivity index (χ2v) is 5.59. The lowest BCUT2D eigenvalue weighted by molar-refractivity contribution is 0.598. The molecule has 0 radical (unpaired) electrons. The molecule has 0 bridgehead atoms. The van der Waals surface area contributed by atoms with Crippen molar-refractivity contribution in [1.82, 2.24) is 4.98 Å². The molecule has 0 saturated heterocycles. The van der Waals surface area contributed by atoms with Gasteiger partial charge in [0.1, 0.15) is 0 Å². The highest BCUT2D eigenvalue weighted by molar-refractivity contribution is 5.57. The van der Waals surface area contributed by atoms with Gasteiger partial charge >= 0.3 is 0 Å². The fraction of sp³-hybridized carbons (Fsp3) is 0.353. The zero-order chi connectivity index (χ0) is 12.7. The molecule has 2 heterocycles. The van der Waals surface area contributed by atoms with Crippen LogP contribution < -0.4 is 5.32 Å². The number of hydrogen-bond acceptors (Lipinski definition) is 2. The van der Waals surface area contributed by atoms with Crippen molar-refractivity contribution in [2.75, 3.05) is 11.9 Å². The van der Waals surface area contributed by atoms with Crippen LogP contribution >= 0.6 is 0 Å². The lowest BCUT2D eigenvalue weighted by Gasteiger charge is -2.25. The van der Waals surface area contributed by atoms with Gasteiger partial charge in [-0.05, 0) is 54.5 Å². The van der Waals surface area contributed by atoms with Crippen molar-refractivity contribution in [3.05, 3.63) is 58.9 Å². The largest absolute Gasteiger partial charge is 0.384 e. The van der Waals surface area contributed by atoms with Gasteiger partial charge in [0.2, 0.25) is 0 Å². The van der Waals surface area contributed by atoms with E-state index in [1.807, 2.05) is 6.20 Å². The Morgan fingerprint density at radius 1 is 1.11 bits per heavy atom. The molecule has 0 fully saturated rings. The first kappa shape index (κ1) is 11.0. The highest BCUT2D eigenvalue weighted by Crippen LogP contribution is 2.37. The van der Waals surface area contributed by atoms with Gasteiger partial charge in [-0.2, -0.15) is 0 Å². The first-order valence-electron chi connectivity index (χ1n) is 7.22. The van der Waals surface area contributed by atoms with Crippen LogP contribution in [0.2, 0.25) is 0 Å². The van der Waals surface area contributed by atoms with Crippen molar-refractivity contribution in [3.63, 3.8) is 0 Å². The third kappa shape index (κ3) is 1.83. The normalized spacial score (nSPS) is 20.5. The van der Waals surface area contributed by atoms with Crippen molar-refractivity contribution in [3.8, 4) is 0 Å². The number of pyridine rings is 1. The second kappa shape index (κ2) is 4.37. The molecule has 1 aliphatic heterocycles. The fourth-order valence-corrected chi connectivity index (χ4v) is 3.48. The minimum Gasteiger partial charge on any atom is -0.384 e. The van der Waals surface area contributed by atoms with E-state index in [4.69, 9.17) is 0 Å². The molecule has 1 unspecified atom stereocenters. The summed E-state index contributed by atoms with van der Waals surface area (Å²) in [5.41, 5.74) is 6.99. The number of aromatic nitrogens is 1. The van der Waals surface area contributed by atoms with Crippen LogP contribution in [0.4, 0.5) is 5.69 Å². The molecule has 2 aliphatic rings. The maximum absolute atomic E-state index is 4.65. The van der Waals surface area contributed by atoms with Crippen LogP contribution in [-0.2, 0) is 12.8 Å². The second-order valence-electron chi connectivity index (χ2n) is 5.59. The van der Waals surface area contributed by atoms with Gasteiger partial charge in [-0.3, -0.25) is 4.98 Å².